The molecular weight excluding hydrogens is 542 g/mol. The molecule has 0 amide bonds. The number of fused-ring (bicyclic) bond motifs is 1. The molecule has 3 aliphatic rings. The van der Waals surface area contributed by atoms with Gasteiger partial charge in [-0.2, -0.15) is 0 Å². The van der Waals surface area contributed by atoms with Crippen molar-refractivity contribution in [2.75, 3.05) is 0 Å². The molecule has 0 bridgehead atoms. The van der Waals surface area contributed by atoms with Crippen LogP contribution in [0.1, 0.15) is 33.6 Å². The second kappa shape index (κ2) is 8.55. The van der Waals surface area contributed by atoms with Gasteiger partial charge in [-0.25, -0.2) is 0 Å². The van der Waals surface area contributed by atoms with E-state index in [1.54, 1.807) is 5.17 Å². The van der Waals surface area contributed by atoms with E-state index in [2.05, 4.69) is 70.3 Å². The number of allylic oxidation sites excluding steroid dienone is 12. The van der Waals surface area contributed by atoms with Gasteiger partial charge in [0, 0.05) is 0 Å². The Morgan fingerprint density at radius 3 is 2.42 bits per heavy atom. The van der Waals surface area contributed by atoms with Gasteiger partial charge in [0.1, 0.15) is 0 Å². The molecule has 0 aliphatic heterocycles. The summed E-state index contributed by atoms with van der Waals surface area (Å²) in [5, 5.41) is 1.63. The van der Waals surface area contributed by atoms with Crippen molar-refractivity contribution in [3.05, 3.63) is 67.7 Å². The van der Waals surface area contributed by atoms with Crippen LogP contribution in [0.5, 0.6) is 0 Å². The molecule has 4 heteroatoms. The number of hydrogen-bond acceptors (Lipinski definition) is 0. The van der Waals surface area contributed by atoms with Crippen molar-refractivity contribution in [3.63, 3.8) is 0 Å². The fraction of sp³-hybridized carbons (Fsp3) is 0.409. The average molecular weight is 569 g/mol. The van der Waals surface area contributed by atoms with E-state index in [9.17, 15) is 0 Å². The van der Waals surface area contributed by atoms with E-state index in [-0.39, 0.29) is 0 Å². The van der Waals surface area contributed by atoms with Crippen LogP contribution in [0.2, 0.25) is 13.1 Å². The van der Waals surface area contributed by atoms with E-state index in [4.69, 9.17) is 17.2 Å². The molecule has 0 fully saturated rings. The third kappa shape index (κ3) is 3.64. The van der Waals surface area contributed by atoms with Crippen LogP contribution in [0.15, 0.2) is 67.7 Å². The zero-order chi connectivity index (χ0) is 19.0. The Bertz CT molecular complexity index is 828. The zero-order valence-electron chi connectivity index (χ0n) is 16.3. The minimum absolute atomic E-state index is 0.471. The summed E-state index contributed by atoms with van der Waals surface area (Å²) in [7, 11) is 12.9. The molecule has 0 heterocycles. The first-order chi connectivity index (χ1) is 12.4. The first kappa shape index (κ1) is 20.7. The van der Waals surface area contributed by atoms with E-state index in [1.165, 1.54) is 31.2 Å². The molecule has 0 spiro atoms. The predicted octanol–water partition coefficient (Wildman–Crippen LogP) is 7.05. The molecule has 0 N–H and O–H groups in total. The molecule has 3 rings (SSSR count). The van der Waals surface area contributed by atoms with Gasteiger partial charge in [-0.3, -0.25) is 0 Å². The van der Waals surface area contributed by atoms with Gasteiger partial charge in [0.25, 0.3) is 0 Å². The third-order valence-corrected chi connectivity index (χ3v) is 13.6. The Balaban J connectivity index is 2.34. The molecule has 0 radical (unpaired) electrons. The van der Waals surface area contributed by atoms with Crippen molar-refractivity contribution in [1.29, 1.82) is 0 Å². The molecule has 137 valence electrons. The van der Waals surface area contributed by atoms with Gasteiger partial charge in [-0.15, -0.1) is 0 Å². The summed E-state index contributed by atoms with van der Waals surface area (Å²) in [5.41, 5.74) is 7.26. The molecule has 0 saturated heterocycles. The third-order valence-electron chi connectivity index (χ3n) is 5.50. The van der Waals surface area contributed by atoms with Crippen LogP contribution in [-0.4, -0.2) is 13.6 Å². The molecule has 0 aromatic carbocycles. The molecule has 0 aromatic heterocycles. The number of halogens is 2. The summed E-state index contributed by atoms with van der Waals surface area (Å²) in [6.07, 6.45) is 15.7. The summed E-state index contributed by atoms with van der Waals surface area (Å²) in [6, 6.07) is 0. The van der Waals surface area contributed by atoms with E-state index >= 15 is 0 Å². The summed E-state index contributed by atoms with van der Waals surface area (Å²) < 4.78 is 1.34. The van der Waals surface area contributed by atoms with Gasteiger partial charge < -0.3 is 0 Å². The Morgan fingerprint density at radius 2 is 1.92 bits per heavy atom. The van der Waals surface area contributed by atoms with Gasteiger partial charge in [0.15, 0.2) is 0 Å². The van der Waals surface area contributed by atoms with Gasteiger partial charge >= 0.3 is 176 Å². The minimum atomic E-state index is -2.75. The first-order valence-corrected chi connectivity index (χ1v) is 22.7. The number of rotatable bonds is 4. The molecule has 0 saturated carbocycles. The SMILES string of the molecule is CCC1=[C]([Hf]([Cl])[Cl])C2=CC=CC(=[Si](C)C)C(C(C)C)C2=C1C1=CC=CC1. The Kier molecular flexibility index (Phi) is 6.81. The van der Waals surface area contributed by atoms with Crippen molar-refractivity contribution in [3.8, 4) is 0 Å². The van der Waals surface area contributed by atoms with Crippen LogP contribution in [0, 0.1) is 11.8 Å². The fourth-order valence-corrected chi connectivity index (χ4v) is 12.9. The van der Waals surface area contributed by atoms with Gasteiger partial charge in [0.2, 0.25) is 0 Å². The maximum atomic E-state index is 6.72. The molecular formula is C22H27Cl2HfSi. The monoisotopic (exact) mass is 569 g/mol. The molecule has 1 unspecified atom stereocenters. The van der Waals surface area contributed by atoms with Gasteiger partial charge in [-0.05, 0) is 0 Å². The second-order valence-corrected chi connectivity index (χ2v) is 21.7. The summed E-state index contributed by atoms with van der Waals surface area (Å²) in [5.74, 6) is 1.03. The molecule has 1 atom stereocenters. The van der Waals surface area contributed by atoms with Gasteiger partial charge in [0.05, 0.1) is 0 Å². The van der Waals surface area contributed by atoms with Crippen molar-refractivity contribution < 1.29 is 19.1 Å². The van der Waals surface area contributed by atoms with Crippen molar-refractivity contribution in [2.45, 2.75) is 46.7 Å². The Hall–Kier alpha value is -0.0230. The molecule has 3 aliphatic carbocycles. The maximum absolute atomic E-state index is 6.72. The summed E-state index contributed by atoms with van der Waals surface area (Å²) >= 11 is -2.75. The normalized spacial score (nSPS) is 22.2. The fourth-order valence-electron chi connectivity index (χ4n) is 4.46. The Morgan fingerprint density at radius 1 is 1.19 bits per heavy atom. The topological polar surface area (TPSA) is 0 Å². The quantitative estimate of drug-likeness (QED) is 0.319. The van der Waals surface area contributed by atoms with Gasteiger partial charge in [-0.1, -0.05) is 0 Å². The van der Waals surface area contributed by atoms with Crippen LogP contribution in [0.4, 0.5) is 0 Å². The zero-order valence-corrected chi connectivity index (χ0v) is 22.4. The van der Waals surface area contributed by atoms with Crippen molar-refractivity contribution >= 4 is 30.7 Å². The van der Waals surface area contributed by atoms with E-state index in [0.29, 0.717) is 11.8 Å². The van der Waals surface area contributed by atoms with Crippen molar-refractivity contribution in [2.24, 2.45) is 11.8 Å². The van der Waals surface area contributed by atoms with Crippen LogP contribution in [0.25, 0.3) is 0 Å². The predicted molar refractivity (Wildman–Crippen MR) is 116 cm³/mol. The second-order valence-electron chi connectivity index (χ2n) is 7.70. The van der Waals surface area contributed by atoms with E-state index < -0.39 is 27.5 Å². The van der Waals surface area contributed by atoms with E-state index in [1.807, 2.05) is 0 Å². The Labute approximate surface area is 175 Å². The van der Waals surface area contributed by atoms with Crippen molar-refractivity contribution in [1.82, 2.24) is 0 Å². The van der Waals surface area contributed by atoms with Crippen LogP contribution in [0.3, 0.4) is 0 Å². The standard InChI is InChI=1S/C22H27Si.2ClH.Hf/c1-6-16-14-18-12-9-13-19(23(4)5)20(15(2)3)22(18)21(16)17-10-7-8-11-17;;;/h7-10,12-13,15,20H,6,11H2,1-5H3;2*1H;/q;;;+2/p-2. The van der Waals surface area contributed by atoms with Crippen LogP contribution < -0.4 is 0 Å². The molecule has 0 aromatic rings. The molecule has 0 nitrogen and oxygen atoms in total. The summed E-state index contributed by atoms with van der Waals surface area (Å²) in [6.45, 7) is 11.8. The first-order valence-electron chi connectivity index (χ1n) is 9.47. The van der Waals surface area contributed by atoms with Crippen LogP contribution >= 0.6 is 17.2 Å². The summed E-state index contributed by atoms with van der Waals surface area (Å²) in [4.78, 5) is 0. The van der Waals surface area contributed by atoms with Crippen LogP contribution in [-0.2, 0) is 19.1 Å². The van der Waals surface area contributed by atoms with E-state index in [0.717, 1.165) is 12.8 Å². The number of hydrogen-bond donors (Lipinski definition) is 0. The molecule has 26 heavy (non-hydrogen) atoms. The average Bonchev–Trinajstić information content (AvgIpc) is 3.14.